The molecule has 0 atom stereocenters. The fraction of sp³-hybridized carbons (Fsp3) is 0.0233. The topological polar surface area (TPSA) is 23.0 Å². The van der Waals surface area contributed by atoms with Gasteiger partial charge in [-0.05, 0) is 78.7 Å². The van der Waals surface area contributed by atoms with Gasteiger partial charge in [-0.15, -0.1) is 0 Å². The fourth-order valence-corrected chi connectivity index (χ4v) is 7.28. The van der Waals surface area contributed by atoms with Crippen molar-refractivity contribution in [3.63, 3.8) is 0 Å². The van der Waals surface area contributed by atoms with E-state index in [0.717, 1.165) is 39.0 Å². The number of allylic oxidation sites excluding steroid dienone is 1. The molecule has 0 spiro atoms. The van der Waals surface area contributed by atoms with Crippen LogP contribution in [0.1, 0.15) is 18.2 Å². The summed E-state index contributed by atoms with van der Waals surface area (Å²) in [5, 5.41) is 5.92. The highest BCUT2D eigenvalue weighted by Gasteiger charge is 2.19. The van der Waals surface area contributed by atoms with Crippen LogP contribution in [0.4, 0.5) is 0 Å². The first kappa shape index (κ1) is 26.4. The number of hydrogen-bond acceptors (Lipinski definition) is 1. The van der Waals surface area contributed by atoms with Crippen molar-refractivity contribution in [1.82, 2.24) is 9.13 Å². The van der Waals surface area contributed by atoms with Gasteiger partial charge in [0.25, 0.3) is 0 Å². The first-order chi connectivity index (χ1) is 22.7. The van der Waals surface area contributed by atoms with Crippen LogP contribution in [0.25, 0.3) is 89.3 Å². The summed E-state index contributed by atoms with van der Waals surface area (Å²) < 4.78 is 11.0. The molecule has 0 aliphatic rings. The SMILES string of the molecule is C=Cc1c(/C=C\C)c2ccccc2n1-c1cccc(-c2ccc3c(c2)c2ccccc2n3-c2cccc3oc4ccccc4c23)c1. The van der Waals surface area contributed by atoms with Gasteiger partial charge in [0.2, 0.25) is 0 Å². The lowest BCUT2D eigenvalue weighted by molar-refractivity contribution is 0.669. The summed E-state index contributed by atoms with van der Waals surface area (Å²) in [6.45, 7) is 6.26. The van der Waals surface area contributed by atoms with Crippen LogP contribution < -0.4 is 0 Å². The molecule has 218 valence electrons. The number of aromatic nitrogens is 2. The molecule has 0 fully saturated rings. The van der Waals surface area contributed by atoms with Crippen LogP contribution in [0.15, 0.2) is 151 Å². The van der Waals surface area contributed by atoms with Crippen molar-refractivity contribution < 1.29 is 4.42 Å². The number of rotatable bonds is 5. The molecule has 6 aromatic carbocycles. The first-order valence-corrected chi connectivity index (χ1v) is 15.7. The Morgan fingerprint density at radius 3 is 2.07 bits per heavy atom. The number of para-hydroxylation sites is 3. The van der Waals surface area contributed by atoms with E-state index in [9.17, 15) is 0 Å². The molecule has 3 heteroatoms. The zero-order valence-corrected chi connectivity index (χ0v) is 25.4. The van der Waals surface area contributed by atoms with Gasteiger partial charge in [0.15, 0.2) is 0 Å². The third-order valence-electron chi connectivity index (χ3n) is 9.21. The van der Waals surface area contributed by atoms with Gasteiger partial charge >= 0.3 is 0 Å². The lowest BCUT2D eigenvalue weighted by Gasteiger charge is -2.12. The van der Waals surface area contributed by atoms with Gasteiger partial charge in [0, 0.05) is 32.8 Å². The van der Waals surface area contributed by atoms with E-state index in [1.807, 2.05) is 18.2 Å². The van der Waals surface area contributed by atoms with Gasteiger partial charge in [-0.3, -0.25) is 0 Å². The lowest BCUT2D eigenvalue weighted by atomic mass is 10.0. The van der Waals surface area contributed by atoms with Gasteiger partial charge in [0.05, 0.1) is 33.3 Å². The highest BCUT2D eigenvalue weighted by Crippen LogP contribution is 2.40. The average Bonchev–Trinajstić information content (AvgIpc) is 3.76. The van der Waals surface area contributed by atoms with Crippen molar-refractivity contribution in [2.75, 3.05) is 0 Å². The quantitative estimate of drug-likeness (QED) is 0.195. The lowest BCUT2D eigenvalue weighted by Crippen LogP contribution is -1.97. The maximum atomic E-state index is 6.27. The van der Waals surface area contributed by atoms with E-state index in [1.54, 1.807) is 0 Å². The van der Waals surface area contributed by atoms with Crippen LogP contribution in [0, 0.1) is 0 Å². The number of benzene rings is 6. The Hall–Kier alpha value is -6.06. The molecule has 0 amide bonds. The maximum absolute atomic E-state index is 6.27. The van der Waals surface area contributed by atoms with E-state index in [4.69, 9.17) is 4.42 Å². The molecule has 3 aromatic heterocycles. The normalized spacial score (nSPS) is 12.0. The number of fused-ring (bicyclic) bond motifs is 7. The Balaban J connectivity index is 1.26. The van der Waals surface area contributed by atoms with Crippen molar-refractivity contribution in [1.29, 1.82) is 0 Å². The molecular weight excluding hydrogens is 560 g/mol. The monoisotopic (exact) mass is 590 g/mol. The van der Waals surface area contributed by atoms with Crippen molar-refractivity contribution in [3.8, 4) is 22.5 Å². The summed E-state index contributed by atoms with van der Waals surface area (Å²) >= 11 is 0. The Bertz CT molecular complexity index is 2680. The van der Waals surface area contributed by atoms with Crippen LogP contribution in [-0.4, -0.2) is 9.13 Å². The smallest absolute Gasteiger partial charge is 0.137 e. The van der Waals surface area contributed by atoms with Crippen molar-refractivity contribution in [3.05, 3.63) is 157 Å². The molecule has 0 saturated heterocycles. The van der Waals surface area contributed by atoms with E-state index in [2.05, 4.69) is 156 Å². The Morgan fingerprint density at radius 1 is 0.565 bits per heavy atom. The van der Waals surface area contributed by atoms with E-state index in [0.29, 0.717) is 0 Å². The van der Waals surface area contributed by atoms with Gasteiger partial charge < -0.3 is 13.6 Å². The van der Waals surface area contributed by atoms with Crippen molar-refractivity contribution >= 4 is 66.8 Å². The minimum atomic E-state index is 0.895. The van der Waals surface area contributed by atoms with Crippen LogP contribution in [0.2, 0.25) is 0 Å². The molecule has 0 aliphatic heterocycles. The summed E-state index contributed by atoms with van der Waals surface area (Å²) in [5.74, 6) is 0. The minimum Gasteiger partial charge on any atom is -0.456 e. The standard InChI is InChI=1S/C43H30N2O/c1-3-13-31-32-16-5-8-19-37(32)44(36(31)4-2)30-15-11-14-28(26-30)29-24-25-39-35(27-29)33-17-6-9-20-38(33)45(39)40-21-12-23-42-43(40)34-18-7-10-22-41(34)46-42/h3-27H,2H2,1H3/b13-3-. The van der Waals surface area contributed by atoms with Gasteiger partial charge in [-0.25, -0.2) is 0 Å². The second-order valence-corrected chi connectivity index (χ2v) is 11.7. The number of nitrogens with zero attached hydrogens (tertiary/aromatic N) is 2. The molecule has 3 nitrogen and oxygen atoms in total. The van der Waals surface area contributed by atoms with Crippen molar-refractivity contribution in [2.24, 2.45) is 0 Å². The predicted molar refractivity (Wildman–Crippen MR) is 195 cm³/mol. The minimum absolute atomic E-state index is 0.895. The highest BCUT2D eigenvalue weighted by atomic mass is 16.3. The molecular formula is C43H30N2O. The predicted octanol–water partition coefficient (Wildman–Crippen LogP) is 12.0. The zero-order chi connectivity index (χ0) is 30.8. The Morgan fingerprint density at radius 2 is 1.24 bits per heavy atom. The third-order valence-corrected chi connectivity index (χ3v) is 9.21. The molecule has 0 N–H and O–H groups in total. The van der Waals surface area contributed by atoms with Crippen LogP contribution in [-0.2, 0) is 0 Å². The maximum Gasteiger partial charge on any atom is 0.137 e. The molecule has 9 aromatic rings. The summed E-state index contributed by atoms with van der Waals surface area (Å²) in [6, 6.07) is 47.6. The number of furan rings is 1. The fourth-order valence-electron chi connectivity index (χ4n) is 7.28. The first-order valence-electron chi connectivity index (χ1n) is 15.7. The van der Waals surface area contributed by atoms with Gasteiger partial charge in [-0.1, -0.05) is 97.6 Å². The van der Waals surface area contributed by atoms with Crippen LogP contribution in [0.5, 0.6) is 0 Å². The van der Waals surface area contributed by atoms with E-state index in [1.165, 1.54) is 49.4 Å². The van der Waals surface area contributed by atoms with E-state index < -0.39 is 0 Å². The Kier molecular flexibility index (Phi) is 5.87. The molecule has 0 unspecified atom stereocenters. The number of hydrogen-bond donors (Lipinski definition) is 0. The molecule has 0 saturated carbocycles. The van der Waals surface area contributed by atoms with Crippen LogP contribution >= 0.6 is 0 Å². The van der Waals surface area contributed by atoms with Crippen LogP contribution in [0.3, 0.4) is 0 Å². The van der Waals surface area contributed by atoms with Gasteiger partial charge in [-0.2, -0.15) is 0 Å². The molecule has 0 aliphatic carbocycles. The summed E-state index contributed by atoms with van der Waals surface area (Å²) in [7, 11) is 0. The highest BCUT2D eigenvalue weighted by molar-refractivity contribution is 6.15. The van der Waals surface area contributed by atoms with E-state index in [-0.39, 0.29) is 0 Å². The van der Waals surface area contributed by atoms with Gasteiger partial charge in [0.1, 0.15) is 11.2 Å². The molecule has 3 heterocycles. The Labute approximate surface area is 266 Å². The third kappa shape index (κ3) is 3.79. The molecule has 46 heavy (non-hydrogen) atoms. The van der Waals surface area contributed by atoms with E-state index >= 15 is 0 Å². The zero-order valence-electron chi connectivity index (χ0n) is 25.4. The molecule has 9 rings (SSSR count). The second kappa shape index (κ2) is 10.3. The largest absolute Gasteiger partial charge is 0.456 e. The second-order valence-electron chi connectivity index (χ2n) is 11.7. The van der Waals surface area contributed by atoms with Crippen molar-refractivity contribution in [2.45, 2.75) is 6.92 Å². The summed E-state index contributed by atoms with van der Waals surface area (Å²) in [5.41, 5.74) is 12.2. The molecule has 0 radical (unpaired) electrons. The molecule has 0 bridgehead atoms. The summed E-state index contributed by atoms with van der Waals surface area (Å²) in [4.78, 5) is 0. The summed E-state index contributed by atoms with van der Waals surface area (Å²) in [6.07, 6.45) is 6.24. The average molecular weight is 591 g/mol.